The highest BCUT2D eigenvalue weighted by Crippen LogP contribution is 2.11. The summed E-state index contributed by atoms with van der Waals surface area (Å²) in [4.78, 5) is 10.9. The van der Waals surface area contributed by atoms with Crippen LogP contribution in [-0.4, -0.2) is 56.9 Å². The first kappa shape index (κ1) is 14.2. The van der Waals surface area contributed by atoms with Crippen molar-refractivity contribution in [1.29, 1.82) is 0 Å². The molecule has 0 aliphatic carbocycles. The molecule has 1 saturated heterocycles. The molecule has 1 rings (SSSR count). The molecular weight excluding hydrogens is 226 g/mol. The molecular formula is C11H21NO5. The van der Waals surface area contributed by atoms with E-state index >= 15 is 0 Å². The highest BCUT2D eigenvalue weighted by molar-refractivity contribution is 5.66. The predicted molar refractivity (Wildman–Crippen MR) is 60.8 cm³/mol. The first-order valence-electron chi connectivity index (χ1n) is 6.03. The third-order valence-electron chi connectivity index (χ3n) is 2.39. The summed E-state index contributed by atoms with van der Waals surface area (Å²) in [7, 11) is 0. The zero-order valence-corrected chi connectivity index (χ0v) is 10.0. The van der Waals surface area contributed by atoms with Crippen LogP contribution >= 0.6 is 0 Å². The zero-order valence-electron chi connectivity index (χ0n) is 10.0. The maximum atomic E-state index is 10.9. The van der Waals surface area contributed by atoms with E-state index in [0.717, 1.165) is 25.9 Å². The number of aliphatic hydroxyl groups is 1. The average Bonchev–Trinajstić information content (AvgIpc) is 2.84. The smallest absolute Gasteiger partial charge is 0.407 e. The van der Waals surface area contributed by atoms with Gasteiger partial charge in [0.25, 0.3) is 0 Å². The summed E-state index contributed by atoms with van der Waals surface area (Å²) < 4.78 is 15.4. The molecule has 6 heteroatoms. The summed E-state index contributed by atoms with van der Waals surface area (Å²) in [5.74, 6) is 0. The molecule has 1 unspecified atom stereocenters. The molecule has 1 aliphatic heterocycles. The maximum absolute atomic E-state index is 10.9. The number of alkyl carbamates (subject to hydrolysis) is 1. The minimum atomic E-state index is -0.502. The molecule has 17 heavy (non-hydrogen) atoms. The van der Waals surface area contributed by atoms with E-state index in [-0.39, 0.29) is 19.3 Å². The third kappa shape index (κ3) is 7.14. The van der Waals surface area contributed by atoms with Crippen LogP contribution in [0.5, 0.6) is 0 Å². The molecule has 2 N–H and O–H groups in total. The van der Waals surface area contributed by atoms with Crippen LogP contribution < -0.4 is 5.32 Å². The van der Waals surface area contributed by atoms with Gasteiger partial charge in [-0.1, -0.05) is 0 Å². The summed E-state index contributed by atoms with van der Waals surface area (Å²) in [6, 6.07) is 0. The fourth-order valence-corrected chi connectivity index (χ4v) is 1.54. The number of aliphatic hydroxyl groups excluding tert-OH is 1. The molecule has 0 aromatic heterocycles. The number of hydrogen-bond acceptors (Lipinski definition) is 5. The maximum Gasteiger partial charge on any atom is 0.407 e. The lowest BCUT2D eigenvalue weighted by Gasteiger charge is -2.10. The van der Waals surface area contributed by atoms with Gasteiger partial charge in [0, 0.05) is 19.8 Å². The van der Waals surface area contributed by atoms with Crippen LogP contribution in [0.2, 0.25) is 0 Å². The van der Waals surface area contributed by atoms with Crippen LogP contribution in [0.15, 0.2) is 0 Å². The van der Waals surface area contributed by atoms with E-state index in [4.69, 9.17) is 14.6 Å². The lowest BCUT2D eigenvalue weighted by molar-refractivity contribution is 0.0166. The van der Waals surface area contributed by atoms with Gasteiger partial charge in [0.05, 0.1) is 19.3 Å². The largest absolute Gasteiger partial charge is 0.447 e. The Bertz CT molecular complexity index is 206. The van der Waals surface area contributed by atoms with Gasteiger partial charge in [0.2, 0.25) is 0 Å². The second-order valence-corrected chi connectivity index (χ2v) is 3.85. The average molecular weight is 247 g/mol. The normalized spacial score (nSPS) is 19.2. The van der Waals surface area contributed by atoms with Crippen LogP contribution in [0, 0.1) is 0 Å². The van der Waals surface area contributed by atoms with Crippen molar-refractivity contribution in [2.45, 2.75) is 25.4 Å². The highest BCUT2D eigenvalue weighted by atomic mass is 16.6. The predicted octanol–water partition coefficient (Wildman–Crippen LogP) is 0.291. The minimum Gasteiger partial charge on any atom is -0.447 e. The van der Waals surface area contributed by atoms with Gasteiger partial charge in [-0.3, -0.25) is 0 Å². The van der Waals surface area contributed by atoms with E-state index in [9.17, 15) is 4.79 Å². The van der Waals surface area contributed by atoms with Crippen LogP contribution in [0.25, 0.3) is 0 Å². The molecule has 0 saturated carbocycles. The second kappa shape index (κ2) is 9.21. The Morgan fingerprint density at radius 2 is 2.35 bits per heavy atom. The van der Waals surface area contributed by atoms with Gasteiger partial charge in [-0.25, -0.2) is 4.79 Å². The third-order valence-corrected chi connectivity index (χ3v) is 2.39. The van der Waals surface area contributed by atoms with Crippen molar-refractivity contribution in [2.75, 3.05) is 39.6 Å². The van der Waals surface area contributed by atoms with Crippen LogP contribution in [-0.2, 0) is 14.2 Å². The quantitative estimate of drug-likeness (QED) is 0.603. The molecule has 1 heterocycles. The fraction of sp³-hybridized carbons (Fsp3) is 0.909. The SMILES string of the molecule is O=C(NCCCOCC1CCCO1)OCCO. The Morgan fingerprint density at radius 3 is 3.06 bits per heavy atom. The summed E-state index contributed by atoms with van der Waals surface area (Å²) in [6.45, 7) is 2.45. The Kier molecular flexibility index (Phi) is 7.70. The fourth-order valence-electron chi connectivity index (χ4n) is 1.54. The van der Waals surface area contributed by atoms with Gasteiger partial charge in [-0.2, -0.15) is 0 Å². The topological polar surface area (TPSA) is 77.0 Å². The summed E-state index contributed by atoms with van der Waals surface area (Å²) in [5.41, 5.74) is 0. The van der Waals surface area contributed by atoms with Crippen molar-refractivity contribution in [3.63, 3.8) is 0 Å². The van der Waals surface area contributed by atoms with Gasteiger partial charge in [0.15, 0.2) is 0 Å². The lowest BCUT2D eigenvalue weighted by Crippen LogP contribution is -2.27. The molecule has 0 radical (unpaired) electrons. The molecule has 1 atom stereocenters. The highest BCUT2D eigenvalue weighted by Gasteiger charge is 2.14. The molecule has 0 aromatic carbocycles. The van der Waals surface area contributed by atoms with E-state index < -0.39 is 6.09 Å². The number of nitrogens with one attached hydrogen (secondary N) is 1. The van der Waals surface area contributed by atoms with Gasteiger partial charge < -0.3 is 24.6 Å². The van der Waals surface area contributed by atoms with Crippen molar-refractivity contribution in [3.05, 3.63) is 0 Å². The number of hydrogen-bond donors (Lipinski definition) is 2. The number of rotatable bonds is 8. The number of carbonyl (C=O) groups excluding carboxylic acids is 1. The van der Waals surface area contributed by atoms with Gasteiger partial charge >= 0.3 is 6.09 Å². The molecule has 1 amide bonds. The van der Waals surface area contributed by atoms with Crippen molar-refractivity contribution in [2.24, 2.45) is 0 Å². The number of carbonyl (C=O) groups is 1. The van der Waals surface area contributed by atoms with E-state index in [0.29, 0.717) is 19.8 Å². The monoisotopic (exact) mass is 247 g/mol. The number of ether oxygens (including phenoxy) is 3. The summed E-state index contributed by atoms with van der Waals surface area (Å²) in [6.07, 6.45) is 2.68. The lowest BCUT2D eigenvalue weighted by atomic mass is 10.2. The Labute approximate surface area is 101 Å². The molecule has 6 nitrogen and oxygen atoms in total. The van der Waals surface area contributed by atoms with Crippen molar-refractivity contribution in [1.82, 2.24) is 5.32 Å². The number of amides is 1. The van der Waals surface area contributed by atoms with Gasteiger partial charge in [0.1, 0.15) is 6.61 Å². The molecule has 100 valence electrons. The van der Waals surface area contributed by atoms with Crippen molar-refractivity contribution >= 4 is 6.09 Å². The van der Waals surface area contributed by atoms with Crippen LogP contribution in [0.4, 0.5) is 4.79 Å². The summed E-state index contributed by atoms with van der Waals surface area (Å²) >= 11 is 0. The van der Waals surface area contributed by atoms with Crippen molar-refractivity contribution < 1.29 is 24.1 Å². The Balaban J connectivity index is 1.82. The van der Waals surface area contributed by atoms with E-state index in [1.54, 1.807) is 0 Å². The second-order valence-electron chi connectivity index (χ2n) is 3.85. The first-order chi connectivity index (χ1) is 8.33. The minimum absolute atomic E-state index is 0.0291. The van der Waals surface area contributed by atoms with Gasteiger partial charge in [-0.15, -0.1) is 0 Å². The Morgan fingerprint density at radius 1 is 1.47 bits per heavy atom. The zero-order chi connectivity index (χ0) is 12.3. The van der Waals surface area contributed by atoms with E-state index in [1.807, 2.05) is 0 Å². The van der Waals surface area contributed by atoms with Crippen LogP contribution in [0.1, 0.15) is 19.3 Å². The molecule has 1 aliphatic rings. The summed E-state index contributed by atoms with van der Waals surface area (Å²) in [5, 5.41) is 11.0. The first-order valence-corrected chi connectivity index (χ1v) is 6.03. The Hall–Kier alpha value is -0.850. The molecule has 1 fully saturated rings. The molecule has 0 spiro atoms. The van der Waals surface area contributed by atoms with E-state index in [1.165, 1.54) is 0 Å². The van der Waals surface area contributed by atoms with E-state index in [2.05, 4.69) is 10.1 Å². The van der Waals surface area contributed by atoms with Crippen LogP contribution in [0.3, 0.4) is 0 Å². The van der Waals surface area contributed by atoms with Crippen molar-refractivity contribution in [3.8, 4) is 0 Å². The van der Waals surface area contributed by atoms with Gasteiger partial charge in [-0.05, 0) is 19.3 Å². The molecule has 0 aromatic rings. The standard InChI is InChI=1S/C11H21NO5/c13-5-8-17-11(14)12-4-2-6-15-9-10-3-1-7-16-10/h10,13H,1-9H2,(H,12,14). The molecule has 0 bridgehead atoms.